The molecule has 1 aromatic rings. The summed E-state index contributed by atoms with van der Waals surface area (Å²) in [5.74, 6) is 0.626. The molecule has 0 N–H and O–H groups in total. The third-order valence-corrected chi connectivity index (χ3v) is 4.21. The number of ether oxygens (including phenoxy) is 1. The van der Waals surface area contributed by atoms with E-state index >= 15 is 0 Å². The molecule has 0 radical (unpaired) electrons. The highest BCUT2D eigenvalue weighted by molar-refractivity contribution is 9.09. The third kappa shape index (κ3) is 3.05. The van der Waals surface area contributed by atoms with Crippen molar-refractivity contribution in [3.8, 4) is 0 Å². The van der Waals surface area contributed by atoms with Gasteiger partial charge in [-0.25, -0.2) is 0 Å². The van der Waals surface area contributed by atoms with Gasteiger partial charge in [0.15, 0.2) is 0 Å². The fourth-order valence-corrected chi connectivity index (χ4v) is 2.51. The summed E-state index contributed by atoms with van der Waals surface area (Å²) in [7, 11) is 0. The molecular formula is C13H17BrO. The van der Waals surface area contributed by atoms with Crippen molar-refractivity contribution in [2.45, 2.75) is 24.6 Å². The molecule has 15 heavy (non-hydrogen) atoms. The first-order valence-electron chi connectivity index (χ1n) is 5.53. The Kier molecular flexibility index (Phi) is 3.81. The standard InChI is InChI=1S/C13H17BrO/c1-10-2-4-11(5-3-10)8-12-9-15-7-6-13(12)14/h2-5,12-13H,6-9H2,1H3. The molecule has 1 aliphatic heterocycles. The number of benzene rings is 1. The van der Waals surface area contributed by atoms with E-state index in [-0.39, 0.29) is 0 Å². The molecule has 2 rings (SSSR count). The maximum atomic E-state index is 5.52. The van der Waals surface area contributed by atoms with Crippen LogP contribution in [0, 0.1) is 12.8 Å². The Morgan fingerprint density at radius 1 is 1.33 bits per heavy atom. The van der Waals surface area contributed by atoms with Crippen molar-refractivity contribution < 1.29 is 4.74 Å². The van der Waals surface area contributed by atoms with Gasteiger partial charge in [-0.3, -0.25) is 0 Å². The van der Waals surface area contributed by atoms with Crippen LogP contribution in [0.25, 0.3) is 0 Å². The second-order valence-corrected chi connectivity index (χ2v) is 5.51. The molecule has 0 aromatic heterocycles. The molecule has 0 aliphatic carbocycles. The summed E-state index contributed by atoms with van der Waals surface area (Å²) in [5.41, 5.74) is 2.74. The predicted octanol–water partition coefficient (Wildman–Crippen LogP) is 3.34. The summed E-state index contributed by atoms with van der Waals surface area (Å²) < 4.78 is 5.52. The van der Waals surface area contributed by atoms with Gasteiger partial charge in [0.25, 0.3) is 0 Å². The van der Waals surface area contributed by atoms with Crippen molar-refractivity contribution in [3.63, 3.8) is 0 Å². The van der Waals surface area contributed by atoms with Gasteiger partial charge in [0, 0.05) is 11.4 Å². The van der Waals surface area contributed by atoms with Crippen molar-refractivity contribution in [2.24, 2.45) is 5.92 Å². The molecule has 1 aromatic carbocycles. The quantitative estimate of drug-likeness (QED) is 0.748. The molecule has 0 saturated carbocycles. The molecule has 1 nitrogen and oxygen atoms in total. The highest BCUT2D eigenvalue weighted by Crippen LogP contribution is 2.25. The molecule has 2 unspecified atom stereocenters. The first-order valence-corrected chi connectivity index (χ1v) is 6.44. The molecular weight excluding hydrogens is 252 g/mol. The van der Waals surface area contributed by atoms with E-state index in [1.807, 2.05) is 0 Å². The lowest BCUT2D eigenvalue weighted by molar-refractivity contribution is 0.0605. The van der Waals surface area contributed by atoms with Gasteiger partial charge in [-0.2, -0.15) is 0 Å². The molecule has 0 bridgehead atoms. The lowest BCUT2D eigenvalue weighted by Gasteiger charge is -2.27. The molecule has 0 spiro atoms. The fourth-order valence-electron chi connectivity index (χ4n) is 1.98. The Hall–Kier alpha value is -0.340. The number of halogens is 1. The van der Waals surface area contributed by atoms with Crippen LogP contribution in [0.1, 0.15) is 17.5 Å². The molecule has 2 atom stereocenters. The van der Waals surface area contributed by atoms with E-state index in [0.29, 0.717) is 10.7 Å². The van der Waals surface area contributed by atoms with Crippen LogP contribution < -0.4 is 0 Å². The topological polar surface area (TPSA) is 9.23 Å². The van der Waals surface area contributed by atoms with Gasteiger partial charge >= 0.3 is 0 Å². The van der Waals surface area contributed by atoms with Crippen LogP contribution >= 0.6 is 15.9 Å². The van der Waals surface area contributed by atoms with E-state index in [1.54, 1.807) is 0 Å². The minimum Gasteiger partial charge on any atom is -0.381 e. The normalized spacial score (nSPS) is 26.5. The van der Waals surface area contributed by atoms with Crippen LogP contribution in [0.2, 0.25) is 0 Å². The van der Waals surface area contributed by atoms with E-state index in [1.165, 1.54) is 11.1 Å². The smallest absolute Gasteiger partial charge is 0.0508 e. The van der Waals surface area contributed by atoms with E-state index in [4.69, 9.17) is 4.74 Å². The van der Waals surface area contributed by atoms with Gasteiger partial charge < -0.3 is 4.74 Å². The Bertz CT molecular complexity index is 307. The Balaban J connectivity index is 1.98. The molecule has 1 fully saturated rings. The number of hydrogen-bond donors (Lipinski definition) is 0. The fraction of sp³-hybridized carbons (Fsp3) is 0.538. The second kappa shape index (κ2) is 5.13. The van der Waals surface area contributed by atoms with Gasteiger partial charge in [0.1, 0.15) is 0 Å². The Labute approximate surface area is 100.0 Å². The molecule has 0 amide bonds. The zero-order chi connectivity index (χ0) is 10.7. The van der Waals surface area contributed by atoms with Gasteiger partial charge in [-0.1, -0.05) is 45.8 Å². The number of alkyl halides is 1. The van der Waals surface area contributed by atoms with Gasteiger partial charge in [0.05, 0.1) is 6.61 Å². The molecule has 1 saturated heterocycles. The Morgan fingerprint density at radius 3 is 2.73 bits per heavy atom. The largest absolute Gasteiger partial charge is 0.381 e. The van der Waals surface area contributed by atoms with Crippen molar-refractivity contribution in [2.75, 3.05) is 13.2 Å². The zero-order valence-corrected chi connectivity index (χ0v) is 10.7. The minimum atomic E-state index is 0.618. The third-order valence-electron chi connectivity index (χ3n) is 3.00. The van der Waals surface area contributed by atoms with Gasteiger partial charge in [-0.15, -0.1) is 0 Å². The summed E-state index contributed by atoms with van der Waals surface area (Å²) in [6.45, 7) is 3.92. The molecule has 1 aliphatic rings. The van der Waals surface area contributed by atoms with Crippen molar-refractivity contribution in [3.05, 3.63) is 35.4 Å². The summed E-state index contributed by atoms with van der Waals surface area (Å²) >= 11 is 3.75. The predicted molar refractivity (Wildman–Crippen MR) is 66.5 cm³/mol. The van der Waals surface area contributed by atoms with Crippen LogP contribution in [0.4, 0.5) is 0 Å². The maximum Gasteiger partial charge on any atom is 0.0508 e. The Morgan fingerprint density at radius 2 is 2.07 bits per heavy atom. The van der Waals surface area contributed by atoms with Crippen molar-refractivity contribution in [1.82, 2.24) is 0 Å². The summed E-state index contributed by atoms with van der Waals surface area (Å²) in [5, 5.41) is 0. The monoisotopic (exact) mass is 268 g/mol. The van der Waals surface area contributed by atoms with Crippen molar-refractivity contribution in [1.29, 1.82) is 0 Å². The molecule has 82 valence electrons. The SMILES string of the molecule is Cc1ccc(CC2COCCC2Br)cc1. The second-order valence-electron chi connectivity index (χ2n) is 4.33. The average molecular weight is 269 g/mol. The lowest BCUT2D eigenvalue weighted by atomic mass is 9.94. The summed E-state index contributed by atoms with van der Waals surface area (Å²) in [6, 6.07) is 8.82. The number of hydrogen-bond acceptors (Lipinski definition) is 1. The lowest BCUT2D eigenvalue weighted by Crippen LogP contribution is -2.29. The zero-order valence-electron chi connectivity index (χ0n) is 9.08. The molecule has 1 heterocycles. The van der Waals surface area contributed by atoms with Gasteiger partial charge in [0.2, 0.25) is 0 Å². The van der Waals surface area contributed by atoms with Crippen LogP contribution in [-0.2, 0) is 11.2 Å². The van der Waals surface area contributed by atoms with Crippen molar-refractivity contribution >= 4 is 15.9 Å². The minimum absolute atomic E-state index is 0.618. The van der Waals surface area contributed by atoms with E-state index < -0.39 is 0 Å². The first kappa shape index (κ1) is 11.2. The van der Waals surface area contributed by atoms with E-state index in [0.717, 1.165) is 26.1 Å². The number of aryl methyl sites for hydroxylation is 1. The van der Waals surface area contributed by atoms with Crippen LogP contribution in [0.15, 0.2) is 24.3 Å². The maximum absolute atomic E-state index is 5.52. The summed E-state index contributed by atoms with van der Waals surface area (Å²) in [6.07, 6.45) is 2.26. The van der Waals surface area contributed by atoms with E-state index in [9.17, 15) is 0 Å². The number of rotatable bonds is 2. The highest BCUT2D eigenvalue weighted by Gasteiger charge is 2.23. The summed E-state index contributed by atoms with van der Waals surface area (Å²) in [4.78, 5) is 0.618. The van der Waals surface area contributed by atoms with Gasteiger partial charge in [-0.05, 0) is 31.2 Å². The van der Waals surface area contributed by atoms with Crippen LogP contribution in [-0.4, -0.2) is 18.0 Å². The van der Waals surface area contributed by atoms with Crippen LogP contribution in [0.3, 0.4) is 0 Å². The molecule has 2 heteroatoms. The van der Waals surface area contributed by atoms with Crippen LogP contribution in [0.5, 0.6) is 0 Å². The highest BCUT2D eigenvalue weighted by atomic mass is 79.9. The van der Waals surface area contributed by atoms with E-state index in [2.05, 4.69) is 47.1 Å². The average Bonchev–Trinajstić information content (AvgIpc) is 2.25. The first-order chi connectivity index (χ1) is 7.25.